The van der Waals surface area contributed by atoms with E-state index in [0.717, 1.165) is 44.8 Å². The third kappa shape index (κ3) is 4.66. The summed E-state index contributed by atoms with van der Waals surface area (Å²) < 4.78 is 12.8. The van der Waals surface area contributed by atoms with Crippen molar-refractivity contribution in [1.29, 1.82) is 0 Å². The molecule has 0 saturated heterocycles. The monoisotopic (exact) mass is 629 g/mol. The van der Waals surface area contributed by atoms with Crippen LogP contribution in [0.15, 0.2) is 180 Å². The third-order valence-corrected chi connectivity index (χ3v) is 9.99. The molecule has 1 aliphatic carbocycles. The molecule has 1 aliphatic heterocycles. The van der Waals surface area contributed by atoms with Crippen LogP contribution < -0.4 is 9.64 Å². The fourth-order valence-electron chi connectivity index (χ4n) is 7.59. The summed E-state index contributed by atoms with van der Waals surface area (Å²) in [6.07, 6.45) is 8.61. The van der Waals surface area contributed by atoms with Crippen molar-refractivity contribution < 1.29 is 9.15 Å². The van der Waals surface area contributed by atoms with Crippen LogP contribution in [0.1, 0.15) is 11.5 Å². The highest BCUT2D eigenvalue weighted by Crippen LogP contribution is 2.47. The molecule has 3 nitrogen and oxygen atoms in total. The van der Waals surface area contributed by atoms with Gasteiger partial charge in [-0.1, -0.05) is 115 Å². The number of rotatable bonds is 5. The average molecular weight is 630 g/mol. The summed E-state index contributed by atoms with van der Waals surface area (Å²) in [7, 11) is 0. The first-order valence-electron chi connectivity index (χ1n) is 16.8. The van der Waals surface area contributed by atoms with Crippen LogP contribution in [-0.4, -0.2) is 6.10 Å². The number of nitrogens with zero attached hydrogens (tertiary/aromatic N) is 1. The van der Waals surface area contributed by atoms with E-state index in [0.29, 0.717) is 0 Å². The number of para-hydroxylation sites is 1. The molecule has 0 amide bonds. The number of furan rings is 1. The molecule has 0 saturated carbocycles. The molecule has 0 N–H and O–H groups in total. The summed E-state index contributed by atoms with van der Waals surface area (Å²) in [6, 6.07) is 54.2. The Morgan fingerprint density at radius 1 is 0.490 bits per heavy atom. The van der Waals surface area contributed by atoms with Crippen molar-refractivity contribution in [2.24, 2.45) is 0 Å². The first-order valence-corrected chi connectivity index (χ1v) is 16.8. The van der Waals surface area contributed by atoms with E-state index in [9.17, 15) is 0 Å². The predicted octanol–water partition coefficient (Wildman–Crippen LogP) is 12.5. The fraction of sp³-hybridized carbons (Fsp3) is 0.0435. The van der Waals surface area contributed by atoms with Gasteiger partial charge in [0.25, 0.3) is 0 Å². The predicted molar refractivity (Wildman–Crippen MR) is 202 cm³/mol. The van der Waals surface area contributed by atoms with Gasteiger partial charge in [-0.15, -0.1) is 0 Å². The molecular weight excluding hydrogens is 599 g/mol. The van der Waals surface area contributed by atoms with Crippen LogP contribution in [0.2, 0.25) is 0 Å². The average Bonchev–Trinajstić information content (AvgIpc) is 3.74. The Morgan fingerprint density at radius 2 is 1.20 bits per heavy atom. The second kappa shape index (κ2) is 11.1. The lowest BCUT2D eigenvalue weighted by atomic mass is 9.92. The number of benzene rings is 7. The molecule has 0 radical (unpaired) electrons. The minimum atomic E-state index is 0.0367. The molecule has 1 aromatic heterocycles. The molecule has 8 aromatic rings. The zero-order chi connectivity index (χ0) is 32.3. The highest BCUT2D eigenvalue weighted by atomic mass is 16.5. The van der Waals surface area contributed by atoms with Gasteiger partial charge >= 0.3 is 0 Å². The van der Waals surface area contributed by atoms with E-state index in [4.69, 9.17) is 9.15 Å². The molecule has 0 spiro atoms. The maximum atomic E-state index is 6.48. The Bertz CT molecular complexity index is 2610. The van der Waals surface area contributed by atoms with Crippen LogP contribution >= 0.6 is 0 Å². The zero-order valence-corrected chi connectivity index (χ0v) is 26.7. The number of hydrogen-bond donors (Lipinski definition) is 0. The van der Waals surface area contributed by atoms with E-state index in [1.54, 1.807) is 0 Å². The minimum Gasteiger partial charge on any atom is -0.485 e. The lowest BCUT2D eigenvalue weighted by Gasteiger charge is -2.27. The highest BCUT2D eigenvalue weighted by molar-refractivity contribution is 6.13. The Morgan fingerprint density at radius 3 is 2.12 bits per heavy atom. The van der Waals surface area contributed by atoms with Crippen molar-refractivity contribution in [2.75, 3.05) is 4.90 Å². The van der Waals surface area contributed by atoms with Crippen molar-refractivity contribution in [3.63, 3.8) is 0 Å². The normalized spacial score (nSPS) is 16.2. The fourth-order valence-corrected chi connectivity index (χ4v) is 7.59. The van der Waals surface area contributed by atoms with E-state index in [-0.39, 0.29) is 12.0 Å². The summed E-state index contributed by atoms with van der Waals surface area (Å²) in [6.45, 7) is 0. The van der Waals surface area contributed by atoms with Gasteiger partial charge in [-0.25, -0.2) is 0 Å². The standard InChI is InChI=1S/C46H31NO2/c1-2-10-32-28-35(20-19-30(32)9-1)34-12-7-11-33(27-34)31-21-23-36(24-22-31)47(37-25-26-39-38-13-3-5-16-42(38)49-45(39)29-37)41-15-8-18-44-46(41)40-14-4-6-17-43(40)48-44/h1-29,38,42H. The molecule has 10 rings (SSSR count). The van der Waals surface area contributed by atoms with Crippen molar-refractivity contribution in [3.05, 3.63) is 182 Å². The van der Waals surface area contributed by atoms with Gasteiger partial charge in [0, 0.05) is 34.3 Å². The van der Waals surface area contributed by atoms with Crippen LogP contribution in [-0.2, 0) is 0 Å². The molecule has 49 heavy (non-hydrogen) atoms. The summed E-state index contributed by atoms with van der Waals surface area (Å²) in [5.41, 5.74) is 10.9. The van der Waals surface area contributed by atoms with Gasteiger partial charge in [0.1, 0.15) is 23.0 Å². The van der Waals surface area contributed by atoms with Crippen LogP contribution in [0.3, 0.4) is 0 Å². The number of anilines is 3. The van der Waals surface area contributed by atoms with Crippen LogP contribution in [0.4, 0.5) is 17.1 Å². The summed E-state index contributed by atoms with van der Waals surface area (Å²) >= 11 is 0. The maximum absolute atomic E-state index is 6.48. The molecular formula is C46H31NO2. The molecule has 2 aliphatic rings. The second-order valence-corrected chi connectivity index (χ2v) is 12.9. The van der Waals surface area contributed by atoms with E-state index >= 15 is 0 Å². The van der Waals surface area contributed by atoms with Crippen LogP contribution in [0.25, 0.3) is 55.0 Å². The number of allylic oxidation sites excluding steroid dienone is 2. The van der Waals surface area contributed by atoms with Crippen LogP contribution in [0, 0.1) is 0 Å². The van der Waals surface area contributed by atoms with Gasteiger partial charge in [0.05, 0.1) is 11.1 Å². The molecule has 2 unspecified atom stereocenters. The van der Waals surface area contributed by atoms with Gasteiger partial charge < -0.3 is 14.1 Å². The Kier molecular flexibility index (Phi) is 6.31. The smallest absolute Gasteiger partial charge is 0.137 e. The molecule has 232 valence electrons. The quantitative estimate of drug-likeness (QED) is 0.189. The largest absolute Gasteiger partial charge is 0.485 e. The van der Waals surface area contributed by atoms with Gasteiger partial charge in [0.2, 0.25) is 0 Å². The van der Waals surface area contributed by atoms with E-state index in [1.807, 2.05) is 12.1 Å². The summed E-state index contributed by atoms with van der Waals surface area (Å²) in [5.74, 6) is 1.17. The topological polar surface area (TPSA) is 25.6 Å². The molecule has 2 atom stereocenters. The SMILES string of the molecule is C1=CC2Oc3cc(N(c4ccc(-c5cccc(-c6ccc7ccccc7c6)c5)cc4)c4cccc5oc6ccccc6c45)ccc3C2C=C1. The highest BCUT2D eigenvalue weighted by Gasteiger charge is 2.33. The number of ether oxygens (including phenoxy) is 1. The molecule has 0 fully saturated rings. The first kappa shape index (κ1) is 27.8. The van der Waals surface area contributed by atoms with Crippen molar-refractivity contribution in [3.8, 4) is 28.0 Å². The Balaban J connectivity index is 1.08. The molecule has 0 bridgehead atoms. The first-order chi connectivity index (χ1) is 24.3. The molecule has 3 heteroatoms. The zero-order valence-electron chi connectivity index (χ0n) is 26.7. The van der Waals surface area contributed by atoms with Gasteiger partial charge in [-0.05, 0) is 87.6 Å². The summed E-state index contributed by atoms with van der Waals surface area (Å²) in [5, 5.41) is 4.69. The minimum absolute atomic E-state index is 0.0367. The molecule has 7 aromatic carbocycles. The lowest BCUT2D eigenvalue weighted by molar-refractivity contribution is 0.269. The van der Waals surface area contributed by atoms with E-state index in [2.05, 4.69) is 169 Å². The second-order valence-electron chi connectivity index (χ2n) is 12.9. The Hall–Kier alpha value is -6.32. The van der Waals surface area contributed by atoms with Crippen molar-refractivity contribution >= 4 is 49.8 Å². The van der Waals surface area contributed by atoms with Crippen molar-refractivity contribution in [1.82, 2.24) is 0 Å². The lowest BCUT2D eigenvalue weighted by Crippen LogP contribution is -2.15. The maximum Gasteiger partial charge on any atom is 0.137 e. The van der Waals surface area contributed by atoms with Crippen molar-refractivity contribution in [2.45, 2.75) is 12.0 Å². The third-order valence-electron chi connectivity index (χ3n) is 9.99. The van der Waals surface area contributed by atoms with E-state index in [1.165, 1.54) is 38.6 Å². The van der Waals surface area contributed by atoms with Gasteiger partial charge in [-0.2, -0.15) is 0 Å². The van der Waals surface area contributed by atoms with Crippen LogP contribution in [0.5, 0.6) is 5.75 Å². The summed E-state index contributed by atoms with van der Waals surface area (Å²) in [4.78, 5) is 2.33. The van der Waals surface area contributed by atoms with Gasteiger partial charge in [0.15, 0.2) is 0 Å². The van der Waals surface area contributed by atoms with E-state index < -0.39 is 0 Å². The molecule has 2 heterocycles. The Labute approximate surface area is 284 Å². The van der Waals surface area contributed by atoms with Gasteiger partial charge in [-0.3, -0.25) is 0 Å². The number of hydrogen-bond acceptors (Lipinski definition) is 3. The number of fused-ring (bicyclic) bond motifs is 7.